The Morgan fingerprint density at radius 3 is 2.10 bits per heavy atom. The Labute approximate surface area is 168 Å². The zero-order chi connectivity index (χ0) is 20.8. The van der Waals surface area contributed by atoms with E-state index in [9.17, 15) is 22.8 Å². The van der Waals surface area contributed by atoms with Crippen molar-refractivity contribution in [1.29, 1.82) is 0 Å². The molecule has 4 bridgehead atoms. The van der Waals surface area contributed by atoms with E-state index in [1.807, 2.05) is 0 Å². The Morgan fingerprint density at radius 1 is 0.966 bits per heavy atom. The molecular formula is C21H27F3N3O2+. The molecule has 4 aliphatic rings. The number of rotatable bonds is 6. The fourth-order valence-electron chi connectivity index (χ4n) is 6.03. The first kappa shape index (κ1) is 20.2. The molecule has 1 unspecified atom stereocenters. The molecule has 158 valence electrons. The Morgan fingerprint density at radius 2 is 1.52 bits per heavy atom. The molecule has 0 aliphatic heterocycles. The number of halogens is 3. The van der Waals surface area contributed by atoms with Crippen LogP contribution >= 0.6 is 0 Å². The third kappa shape index (κ3) is 4.27. The molecule has 0 spiro atoms. The molecule has 29 heavy (non-hydrogen) atoms. The predicted octanol–water partition coefficient (Wildman–Crippen LogP) is 1.64. The molecule has 3 N–H and O–H groups in total. The van der Waals surface area contributed by atoms with Crippen molar-refractivity contribution in [3.05, 3.63) is 29.6 Å². The van der Waals surface area contributed by atoms with Crippen molar-refractivity contribution < 1.29 is 27.7 Å². The van der Waals surface area contributed by atoms with Gasteiger partial charge in [0, 0.05) is 5.54 Å². The van der Waals surface area contributed by atoms with Crippen LogP contribution in [0.1, 0.15) is 38.5 Å². The average molecular weight is 410 g/mol. The maximum Gasteiger partial charge on any atom is 0.279 e. The SMILES string of the molecule is C[NH+](CC(=O)Nc1ccc(F)c(F)c1F)CC(=O)NC12CC3CC(CC(C3)C1)C2. The van der Waals surface area contributed by atoms with E-state index in [2.05, 4.69) is 10.6 Å². The number of quaternary nitrogens is 1. The van der Waals surface area contributed by atoms with Crippen molar-refractivity contribution in [1.82, 2.24) is 5.32 Å². The van der Waals surface area contributed by atoms with Gasteiger partial charge in [-0.15, -0.1) is 0 Å². The normalized spacial score (nSPS) is 30.8. The van der Waals surface area contributed by atoms with Gasteiger partial charge in [-0.05, 0) is 68.4 Å². The van der Waals surface area contributed by atoms with Crippen LogP contribution < -0.4 is 15.5 Å². The minimum atomic E-state index is -1.63. The van der Waals surface area contributed by atoms with Crippen LogP contribution in [0.4, 0.5) is 18.9 Å². The molecule has 0 saturated heterocycles. The topological polar surface area (TPSA) is 62.6 Å². The fourth-order valence-corrected chi connectivity index (χ4v) is 6.03. The largest absolute Gasteiger partial charge is 0.346 e. The van der Waals surface area contributed by atoms with Crippen LogP contribution in [0.25, 0.3) is 0 Å². The van der Waals surface area contributed by atoms with Crippen LogP contribution in [0.2, 0.25) is 0 Å². The maximum absolute atomic E-state index is 13.7. The Bertz CT molecular complexity index is 794. The first-order valence-corrected chi connectivity index (χ1v) is 10.3. The number of hydrogen-bond donors (Lipinski definition) is 3. The van der Waals surface area contributed by atoms with Gasteiger partial charge < -0.3 is 15.5 Å². The molecule has 4 fully saturated rings. The predicted molar refractivity (Wildman–Crippen MR) is 101 cm³/mol. The number of carbonyl (C=O) groups excluding carboxylic acids is 2. The van der Waals surface area contributed by atoms with Crippen LogP contribution in [0, 0.1) is 35.2 Å². The molecule has 8 heteroatoms. The van der Waals surface area contributed by atoms with Crippen molar-refractivity contribution in [2.45, 2.75) is 44.1 Å². The number of nitrogens with one attached hydrogen (secondary N) is 3. The smallest absolute Gasteiger partial charge is 0.279 e. The number of benzene rings is 1. The molecule has 0 aromatic heterocycles. The van der Waals surface area contributed by atoms with E-state index in [0.717, 1.165) is 49.1 Å². The molecule has 1 aromatic carbocycles. The van der Waals surface area contributed by atoms with Crippen LogP contribution in [0.15, 0.2) is 12.1 Å². The third-order valence-corrected chi connectivity index (χ3v) is 6.68. The zero-order valence-corrected chi connectivity index (χ0v) is 16.5. The zero-order valence-electron chi connectivity index (χ0n) is 16.5. The van der Waals surface area contributed by atoms with E-state index in [0.29, 0.717) is 4.90 Å². The van der Waals surface area contributed by atoms with Gasteiger partial charge in [0.25, 0.3) is 11.8 Å². The lowest BCUT2D eigenvalue weighted by Gasteiger charge is -2.56. The molecule has 0 heterocycles. The van der Waals surface area contributed by atoms with Crippen molar-refractivity contribution in [3.8, 4) is 0 Å². The van der Waals surface area contributed by atoms with E-state index in [-0.39, 0.29) is 24.5 Å². The number of amides is 2. The quantitative estimate of drug-likeness (QED) is 0.625. The second kappa shape index (κ2) is 7.63. The molecule has 4 aliphatic carbocycles. The highest BCUT2D eigenvalue weighted by atomic mass is 19.2. The summed E-state index contributed by atoms with van der Waals surface area (Å²) in [6.45, 7) is 0.0299. The monoisotopic (exact) mass is 410 g/mol. The molecule has 1 aromatic rings. The van der Waals surface area contributed by atoms with Crippen LogP contribution in [-0.2, 0) is 9.59 Å². The van der Waals surface area contributed by atoms with Crippen LogP contribution in [0.3, 0.4) is 0 Å². The molecular weight excluding hydrogens is 383 g/mol. The molecule has 1 atom stereocenters. The number of carbonyl (C=O) groups is 2. The molecule has 4 saturated carbocycles. The van der Waals surface area contributed by atoms with Crippen molar-refractivity contribution >= 4 is 17.5 Å². The van der Waals surface area contributed by atoms with Crippen molar-refractivity contribution in [2.24, 2.45) is 17.8 Å². The highest BCUT2D eigenvalue weighted by Crippen LogP contribution is 2.55. The van der Waals surface area contributed by atoms with Crippen LogP contribution in [0.5, 0.6) is 0 Å². The summed E-state index contributed by atoms with van der Waals surface area (Å²) in [5.74, 6) is -2.86. The van der Waals surface area contributed by atoms with Gasteiger partial charge >= 0.3 is 0 Å². The minimum Gasteiger partial charge on any atom is -0.346 e. The molecule has 0 radical (unpaired) electrons. The lowest BCUT2D eigenvalue weighted by atomic mass is 9.53. The number of hydrogen-bond acceptors (Lipinski definition) is 2. The van der Waals surface area contributed by atoms with Gasteiger partial charge in [0.15, 0.2) is 30.5 Å². The second-order valence-electron chi connectivity index (χ2n) is 9.33. The minimum absolute atomic E-state index is 0.0802. The van der Waals surface area contributed by atoms with Gasteiger partial charge in [-0.1, -0.05) is 0 Å². The first-order chi connectivity index (χ1) is 13.7. The van der Waals surface area contributed by atoms with Gasteiger partial charge in [-0.25, -0.2) is 13.2 Å². The summed E-state index contributed by atoms with van der Waals surface area (Å²) in [6.07, 6.45) is 7.04. The standard InChI is InChI=1S/C21H26F3N3O2/c1-27(10-17(28)25-16-3-2-15(22)19(23)20(16)24)11-18(29)26-21-7-12-4-13(8-21)6-14(5-12)9-21/h2-3,12-14H,4-11H2,1H3,(H,25,28)(H,26,29)/p+1. The average Bonchev–Trinajstić information content (AvgIpc) is 2.60. The summed E-state index contributed by atoms with van der Waals surface area (Å²) in [6, 6.07) is 1.73. The van der Waals surface area contributed by atoms with E-state index < -0.39 is 29.0 Å². The fraction of sp³-hybridized carbons (Fsp3) is 0.619. The van der Waals surface area contributed by atoms with Gasteiger partial charge in [-0.3, -0.25) is 9.59 Å². The second-order valence-corrected chi connectivity index (χ2v) is 9.33. The van der Waals surface area contributed by atoms with Gasteiger partial charge in [0.2, 0.25) is 0 Å². The lowest BCUT2D eigenvalue weighted by Crippen LogP contribution is -3.11. The summed E-state index contributed by atoms with van der Waals surface area (Å²) < 4.78 is 39.9. The summed E-state index contributed by atoms with van der Waals surface area (Å²) in [4.78, 5) is 25.3. The summed E-state index contributed by atoms with van der Waals surface area (Å²) in [7, 11) is 1.69. The Balaban J connectivity index is 1.28. The molecule has 5 nitrogen and oxygen atoms in total. The number of anilines is 1. The van der Waals surface area contributed by atoms with Gasteiger partial charge in [0.05, 0.1) is 12.7 Å². The van der Waals surface area contributed by atoms with Crippen molar-refractivity contribution in [2.75, 3.05) is 25.5 Å². The first-order valence-electron chi connectivity index (χ1n) is 10.3. The number of likely N-dealkylation sites (N-methyl/N-ethyl adjacent to an activating group) is 1. The highest BCUT2D eigenvalue weighted by molar-refractivity contribution is 5.91. The summed E-state index contributed by atoms with van der Waals surface area (Å²) >= 11 is 0. The maximum atomic E-state index is 13.7. The third-order valence-electron chi connectivity index (χ3n) is 6.68. The van der Waals surface area contributed by atoms with E-state index >= 15 is 0 Å². The molecule has 2 amide bonds. The lowest BCUT2D eigenvalue weighted by molar-refractivity contribution is -0.862. The van der Waals surface area contributed by atoms with E-state index in [1.54, 1.807) is 7.05 Å². The summed E-state index contributed by atoms with van der Waals surface area (Å²) in [5.41, 5.74) is -0.497. The van der Waals surface area contributed by atoms with Crippen molar-refractivity contribution in [3.63, 3.8) is 0 Å². The van der Waals surface area contributed by atoms with E-state index in [4.69, 9.17) is 0 Å². The Kier molecular flexibility index (Phi) is 5.31. The van der Waals surface area contributed by atoms with Crippen LogP contribution in [-0.4, -0.2) is 37.5 Å². The highest BCUT2D eigenvalue weighted by Gasteiger charge is 2.51. The summed E-state index contributed by atoms with van der Waals surface area (Å²) in [5, 5.41) is 5.49. The Hall–Kier alpha value is -2.09. The van der Waals surface area contributed by atoms with E-state index in [1.165, 1.54) is 19.3 Å². The van der Waals surface area contributed by atoms with Gasteiger partial charge in [-0.2, -0.15) is 0 Å². The van der Waals surface area contributed by atoms with Gasteiger partial charge in [0.1, 0.15) is 0 Å². The molecule has 5 rings (SSSR count).